The van der Waals surface area contributed by atoms with Crippen LogP contribution in [-0.2, 0) is 6.42 Å². The Balaban J connectivity index is 1.36. The maximum Gasteiger partial charge on any atom is 0.165 e. The van der Waals surface area contributed by atoms with Crippen LogP contribution in [0.5, 0.6) is 5.75 Å². The number of ether oxygens (including phenoxy) is 1. The maximum atomic E-state index is 14.2. The van der Waals surface area contributed by atoms with Crippen molar-refractivity contribution >= 4 is 0 Å². The molecule has 0 aliphatic heterocycles. The van der Waals surface area contributed by atoms with Gasteiger partial charge in [-0.2, -0.15) is 0 Å². The normalized spacial score (nSPS) is 24.1. The molecule has 3 rings (SSSR count). The van der Waals surface area contributed by atoms with Crippen LogP contribution in [0.1, 0.15) is 109 Å². The van der Waals surface area contributed by atoms with E-state index in [1.165, 1.54) is 77.0 Å². The van der Waals surface area contributed by atoms with Crippen molar-refractivity contribution in [1.29, 1.82) is 0 Å². The summed E-state index contributed by atoms with van der Waals surface area (Å²) in [4.78, 5) is 0. The zero-order valence-electron chi connectivity index (χ0n) is 20.1. The lowest BCUT2D eigenvalue weighted by atomic mass is 9.70. The summed E-state index contributed by atoms with van der Waals surface area (Å²) in [6, 6.07) is 5.49. The Morgan fingerprint density at radius 2 is 1.74 bits per heavy atom. The van der Waals surface area contributed by atoms with Crippen LogP contribution < -0.4 is 4.74 Å². The predicted molar refractivity (Wildman–Crippen MR) is 130 cm³/mol. The zero-order valence-corrected chi connectivity index (χ0v) is 20.1. The van der Waals surface area contributed by atoms with Crippen LogP contribution in [0.25, 0.3) is 0 Å². The molecule has 2 aliphatic rings. The summed E-state index contributed by atoms with van der Waals surface area (Å²) in [5.41, 5.74) is 2.68. The van der Waals surface area contributed by atoms with E-state index in [-0.39, 0.29) is 5.82 Å². The van der Waals surface area contributed by atoms with Gasteiger partial charge in [-0.05, 0) is 86.8 Å². The molecule has 0 heterocycles. The standard InChI is InChI=1S/C29H45FO/c1-3-5-6-7-8-23-11-16-26(17-12-23)27-18-13-24(14-19-27)9-10-25-15-20-29(28(30)22-25)31-21-4-2/h13,15,20,22-23,26-27H,3-12,14,16-19,21H2,1-2H3/t23-,26-,27?. The molecule has 0 spiro atoms. The summed E-state index contributed by atoms with van der Waals surface area (Å²) in [6.07, 6.45) is 22.4. The smallest absolute Gasteiger partial charge is 0.165 e. The number of allylic oxidation sites excluding steroid dienone is 2. The first kappa shape index (κ1) is 24.3. The average Bonchev–Trinajstić information content (AvgIpc) is 2.81. The molecular formula is C29H45FO. The van der Waals surface area contributed by atoms with Gasteiger partial charge < -0.3 is 4.74 Å². The molecule has 1 fully saturated rings. The van der Waals surface area contributed by atoms with E-state index in [9.17, 15) is 4.39 Å². The van der Waals surface area contributed by atoms with E-state index in [0.29, 0.717) is 12.4 Å². The van der Waals surface area contributed by atoms with Crippen molar-refractivity contribution in [1.82, 2.24) is 0 Å². The number of rotatable bonds is 12. The molecule has 0 amide bonds. The number of benzene rings is 1. The third kappa shape index (κ3) is 7.95. The second-order valence-corrected chi connectivity index (χ2v) is 10.1. The van der Waals surface area contributed by atoms with Gasteiger partial charge in [0.2, 0.25) is 0 Å². The Kier molecular flexibility index (Phi) is 10.4. The highest BCUT2D eigenvalue weighted by Gasteiger charge is 2.28. The number of halogens is 1. The van der Waals surface area contributed by atoms with E-state index < -0.39 is 0 Å². The number of hydrogen-bond acceptors (Lipinski definition) is 1. The Morgan fingerprint density at radius 3 is 2.42 bits per heavy atom. The summed E-state index contributed by atoms with van der Waals surface area (Å²) in [5, 5.41) is 0. The fourth-order valence-electron chi connectivity index (χ4n) is 5.71. The van der Waals surface area contributed by atoms with Gasteiger partial charge in [0, 0.05) is 0 Å². The fourth-order valence-corrected chi connectivity index (χ4v) is 5.71. The summed E-state index contributed by atoms with van der Waals surface area (Å²) < 4.78 is 19.6. The van der Waals surface area contributed by atoms with Gasteiger partial charge in [0.15, 0.2) is 11.6 Å². The molecule has 1 aromatic carbocycles. The van der Waals surface area contributed by atoms with Crippen molar-refractivity contribution in [3.63, 3.8) is 0 Å². The lowest BCUT2D eigenvalue weighted by Gasteiger charge is -2.35. The predicted octanol–water partition coefficient (Wildman–Crippen LogP) is 9.05. The lowest BCUT2D eigenvalue weighted by molar-refractivity contribution is 0.185. The molecule has 1 atom stereocenters. The SMILES string of the molecule is CCCCCC[C@H]1CC[C@H](C2CC=C(CCc3ccc(OCCC)c(F)c3)CC2)CC1. The molecule has 1 aromatic rings. The Labute approximate surface area is 190 Å². The first-order valence-electron chi connectivity index (χ1n) is 13.3. The molecule has 2 heteroatoms. The van der Waals surface area contributed by atoms with Crippen molar-refractivity contribution in [3.8, 4) is 5.75 Å². The maximum absolute atomic E-state index is 14.2. The minimum absolute atomic E-state index is 0.218. The lowest BCUT2D eigenvalue weighted by Crippen LogP contribution is -2.23. The minimum Gasteiger partial charge on any atom is -0.491 e. The van der Waals surface area contributed by atoms with Gasteiger partial charge in [-0.15, -0.1) is 0 Å². The molecule has 31 heavy (non-hydrogen) atoms. The van der Waals surface area contributed by atoms with E-state index in [4.69, 9.17) is 4.74 Å². The quantitative estimate of drug-likeness (QED) is 0.238. The minimum atomic E-state index is -0.218. The van der Waals surface area contributed by atoms with Crippen LogP contribution in [0.2, 0.25) is 0 Å². The first-order valence-corrected chi connectivity index (χ1v) is 13.3. The zero-order chi connectivity index (χ0) is 21.9. The molecule has 0 saturated heterocycles. The molecule has 1 nitrogen and oxygen atoms in total. The molecule has 0 radical (unpaired) electrons. The summed E-state index contributed by atoms with van der Waals surface area (Å²) in [6.45, 7) is 4.91. The molecule has 1 saturated carbocycles. The van der Waals surface area contributed by atoms with E-state index in [2.05, 4.69) is 13.0 Å². The van der Waals surface area contributed by atoms with Crippen molar-refractivity contribution in [3.05, 3.63) is 41.2 Å². The van der Waals surface area contributed by atoms with Crippen LogP contribution >= 0.6 is 0 Å². The van der Waals surface area contributed by atoms with Gasteiger partial charge in [0.25, 0.3) is 0 Å². The molecule has 0 bridgehead atoms. The van der Waals surface area contributed by atoms with Crippen LogP contribution in [0.4, 0.5) is 4.39 Å². The van der Waals surface area contributed by atoms with Crippen LogP contribution in [0, 0.1) is 23.6 Å². The summed E-state index contributed by atoms with van der Waals surface area (Å²) in [5.74, 6) is 3.07. The summed E-state index contributed by atoms with van der Waals surface area (Å²) in [7, 11) is 0. The van der Waals surface area contributed by atoms with Crippen molar-refractivity contribution < 1.29 is 9.13 Å². The summed E-state index contributed by atoms with van der Waals surface area (Å²) >= 11 is 0. The monoisotopic (exact) mass is 428 g/mol. The van der Waals surface area contributed by atoms with Crippen LogP contribution in [0.15, 0.2) is 29.8 Å². The highest BCUT2D eigenvalue weighted by Crippen LogP contribution is 2.41. The molecule has 1 unspecified atom stereocenters. The largest absolute Gasteiger partial charge is 0.491 e. The van der Waals surface area contributed by atoms with Gasteiger partial charge in [-0.1, -0.05) is 76.5 Å². The van der Waals surface area contributed by atoms with E-state index in [1.54, 1.807) is 17.7 Å². The van der Waals surface area contributed by atoms with Gasteiger partial charge in [0.1, 0.15) is 0 Å². The number of aryl methyl sites for hydroxylation is 1. The van der Waals surface area contributed by atoms with Gasteiger partial charge in [-0.25, -0.2) is 4.39 Å². The van der Waals surface area contributed by atoms with E-state index >= 15 is 0 Å². The molecule has 0 N–H and O–H groups in total. The second kappa shape index (κ2) is 13.3. The first-order chi connectivity index (χ1) is 15.2. The van der Waals surface area contributed by atoms with E-state index in [1.807, 2.05) is 13.0 Å². The third-order valence-corrected chi connectivity index (χ3v) is 7.76. The fraction of sp³-hybridized carbons (Fsp3) is 0.724. The van der Waals surface area contributed by atoms with Crippen molar-refractivity contribution in [2.24, 2.45) is 17.8 Å². The van der Waals surface area contributed by atoms with Crippen LogP contribution in [0.3, 0.4) is 0 Å². The number of unbranched alkanes of at least 4 members (excludes halogenated alkanes) is 3. The molecule has 0 aromatic heterocycles. The second-order valence-electron chi connectivity index (χ2n) is 10.1. The molecule has 174 valence electrons. The highest BCUT2D eigenvalue weighted by molar-refractivity contribution is 5.30. The number of hydrogen-bond donors (Lipinski definition) is 0. The van der Waals surface area contributed by atoms with Gasteiger partial charge in [0.05, 0.1) is 6.61 Å². The highest BCUT2D eigenvalue weighted by atomic mass is 19.1. The van der Waals surface area contributed by atoms with E-state index in [0.717, 1.165) is 42.6 Å². The average molecular weight is 429 g/mol. The molecular weight excluding hydrogens is 383 g/mol. The Hall–Kier alpha value is -1.31. The topological polar surface area (TPSA) is 9.23 Å². The van der Waals surface area contributed by atoms with Crippen molar-refractivity contribution in [2.75, 3.05) is 6.61 Å². The van der Waals surface area contributed by atoms with Crippen molar-refractivity contribution in [2.45, 2.75) is 110 Å². The Morgan fingerprint density at radius 1 is 0.903 bits per heavy atom. The van der Waals surface area contributed by atoms with Crippen LogP contribution in [-0.4, -0.2) is 6.61 Å². The Bertz CT molecular complexity index is 671. The molecule has 2 aliphatic carbocycles. The third-order valence-electron chi connectivity index (χ3n) is 7.76. The van der Waals surface area contributed by atoms with Gasteiger partial charge >= 0.3 is 0 Å². The van der Waals surface area contributed by atoms with Gasteiger partial charge in [-0.3, -0.25) is 0 Å².